The van der Waals surface area contributed by atoms with Crippen molar-refractivity contribution >= 4 is 60.5 Å². The first-order chi connectivity index (χ1) is 29.8. The van der Waals surface area contributed by atoms with Crippen molar-refractivity contribution in [3.63, 3.8) is 0 Å². The fourth-order valence-corrected chi connectivity index (χ4v) is 9.59. The van der Waals surface area contributed by atoms with Crippen LogP contribution in [0.4, 0.5) is 0 Å². The minimum atomic E-state index is -1.61. The number of carbonyl (C=O) groups excluding carboxylic acids is 2. The first-order valence-electron chi connectivity index (χ1n) is 22.3. The maximum Gasteiger partial charge on any atom is 0.262 e. The van der Waals surface area contributed by atoms with Crippen molar-refractivity contribution in [2.24, 2.45) is 0 Å². The van der Waals surface area contributed by atoms with Crippen LogP contribution in [-0.4, -0.2) is 37.1 Å². The number of unbranched alkanes of at least 4 members (excludes halogenated alkanes) is 4. The highest BCUT2D eigenvalue weighted by Gasteiger charge is 2.26. The lowest BCUT2D eigenvalue weighted by Crippen LogP contribution is -2.44. The van der Waals surface area contributed by atoms with Crippen LogP contribution in [0.1, 0.15) is 84.6 Å². The summed E-state index contributed by atoms with van der Waals surface area (Å²) in [4.78, 5) is 25.3. The van der Waals surface area contributed by atoms with Crippen molar-refractivity contribution in [3.05, 3.63) is 181 Å². The molecule has 8 heteroatoms. The predicted molar refractivity (Wildman–Crippen MR) is 266 cm³/mol. The second-order valence-electron chi connectivity index (χ2n) is 17.8. The van der Waals surface area contributed by atoms with Gasteiger partial charge in [-0.3, -0.25) is 18.7 Å². The molecule has 0 fully saturated rings. The van der Waals surface area contributed by atoms with Crippen LogP contribution in [0.3, 0.4) is 0 Å². The summed E-state index contributed by atoms with van der Waals surface area (Å²) in [6.45, 7) is 18.2. The molecule has 0 saturated heterocycles. The Morgan fingerprint density at radius 3 is 1.61 bits per heavy atom. The Hall–Kier alpha value is -5.71. The van der Waals surface area contributed by atoms with Gasteiger partial charge in [0, 0.05) is 40.9 Å². The molecular weight excluding hydrogens is 797 g/mol. The number of hydrogen-bond acceptors (Lipinski definition) is 4. The summed E-state index contributed by atoms with van der Waals surface area (Å²) in [5.41, 5.74) is 3.39. The fourth-order valence-electron chi connectivity index (χ4n) is 7.08. The lowest BCUT2D eigenvalue weighted by Gasteiger charge is -2.19. The topological polar surface area (TPSA) is 70.3 Å². The Balaban J connectivity index is 0.000000161. The van der Waals surface area contributed by atoms with E-state index in [4.69, 9.17) is 8.83 Å². The summed E-state index contributed by atoms with van der Waals surface area (Å²) < 4.78 is 14.6. The van der Waals surface area contributed by atoms with Crippen molar-refractivity contribution in [3.8, 4) is 0 Å². The van der Waals surface area contributed by atoms with Gasteiger partial charge in [0.1, 0.15) is 19.6 Å². The van der Waals surface area contributed by atoms with Crippen LogP contribution in [-0.2, 0) is 12.8 Å². The van der Waals surface area contributed by atoms with Gasteiger partial charge in [-0.15, -0.1) is 0 Å². The van der Waals surface area contributed by atoms with Crippen LogP contribution in [0.5, 0.6) is 0 Å². The van der Waals surface area contributed by atoms with Crippen LogP contribution in [0.2, 0.25) is 39.3 Å². The molecule has 4 heterocycles. The molecule has 0 radical (unpaired) electrons. The molecule has 0 spiro atoms. The maximum absolute atomic E-state index is 13.0. The van der Waals surface area contributed by atoms with E-state index in [0.29, 0.717) is 5.56 Å². The molecule has 0 bridgehead atoms. The second-order valence-corrected chi connectivity index (χ2v) is 27.8. The molecule has 62 heavy (non-hydrogen) atoms. The van der Waals surface area contributed by atoms with Crippen molar-refractivity contribution in [1.29, 1.82) is 0 Å². The first kappa shape index (κ1) is 47.3. The third kappa shape index (κ3) is 13.4. The molecule has 0 aliphatic heterocycles. The molecule has 0 saturated carbocycles. The number of hydrogen-bond donors (Lipinski definition) is 0. The fraction of sp³-hybridized carbons (Fsp3) is 0.296. The third-order valence-corrected chi connectivity index (χ3v) is 14.2. The van der Waals surface area contributed by atoms with E-state index < -0.39 is 16.1 Å². The highest BCUT2D eigenvalue weighted by molar-refractivity contribution is 6.88. The Bertz CT molecular complexity index is 2550. The molecule has 0 aliphatic carbocycles. The Morgan fingerprint density at radius 2 is 1.06 bits per heavy atom. The number of fused-ring (bicyclic) bond motifs is 2. The number of para-hydroxylation sites is 2. The normalized spacial score (nSPS) is 11.2. The van der Waals surface area contributed by atoms with Crippen LogP contribution >= 0.6 is 0 Å². The van der Waals surface area contributed by atoms with E-state index in [0.717, 1.165) is 46.0 Å². The SMILES string of the molecule is CCCCCc1ccc([Si](C)(C)C)o1.CCCCCc1ccco1.C[Si](C)(C)c1cc2ccccc2n1C(=O)c1ccccc1.O=C(c1ccccc1)n1ccc2ccccc21. The molecule has 6 nitrogen and oxygen atoms in total. The molecule has 0 unspecified atom stereocenters. The first-order valence-corrected chi connectivity index (χ1v) is 29.3. The molecular formula is C54H66N2O4Si2. The highest BCUT2D eigenvalue weighted by Crippen LogP contribution is 2.20. The second kappa shape index (κ2) is 22.9. The average molecular weight is 863 g/mol. The predicted octanol–water partition coefficient (Wildman–Crippen LogP) is 13.8. The lowest BCUT2D eigenvalue weighted by atomic mass is 10.2. The Labute approximate surface area is 371 Å². The maximum atomic E-state index is 13.0. The number of furan rings is 2. The van der Waals surface area contributed by atoms with Crippen molar-refractivity contribution in [2.45, 2.75) is 104 Å². The summed E-state index contributed by atoms with van der Waals surface area (Å²) in [6.07, 6.45) is 13.4. The number of benzene rings is 4. The standard InChI is InChI=1S/C18H19NOSi.C15H11NO.C12H22OSi.C9H14O/c1-21(2,3)17-13-15-11-7-8-12-16(15)19(17)18(20)14-9-5-4-6-10-14;17-15(13-7-2-1-3-8-13)16-11-10-12-6-4-5-9-14(12)16;1-5-6-7-8-11-9-10-12(13-11)14(2,3)4;1-2-3-4-6-9-7-5-8-10-9/h4-13H,1-3H3;1-11H;9-10H,5-8H2,1-4H3;5,7-8H,2-4,6H2,1H3. The summed E-state index contributed by atoms with van der Waals surface area (Å²) >= 11 is 0. The molecule has 0 atom stereocenters. The van der Waals surface area contributed by atoms with E-state index in [2.05, 4.69) is 77.4 Å². The van der Waals surface area contributed by atoms with Crippen LogP contribution in [0, 0.1) is 0 Å². The molecule has 4 aromatic heterocycles. The summed E-state index contributed by atoms with van der Waals surface area (Å²) in [7, 11) is -2.84. The molecule has 0 amide bonds. The van der Waals surface area contributed by atoms with Gasteiger partial charge < -0.3 is 8.83 Å². The summed E-state index contributed by atoms with van der Waals surface area (Å²) in [5.74, 6) is 2.37. The molecule has 8 rings (SSSR count). The zero-order valence-electron chi connectivity index (χ0n) is 38.2. The molecule has 324 valence electrons. The van der Waals surface area contributed by atoms with Crippen molar-refractivity contribution in [2.75, 3.05) is 0 Å². The van der Waals surface area contributed by atoms with Gasteiger partial charge in [0.25, 0.3) is 11.8 Å². The van der Waals surface area contributed by atoms with E-state index in [-0.39, 0.29) is 11.8 Å². The molecule has 0 N–H and O–H groups in total. The minimum Gasteiger partial charge on any atom is -0.471 e. The Morgan fingerprint density at radius 1 is 0.516 bits per heavy atom. The van der Waals surface area contributed by atoms with Gasteiger partial charge in [0.05, 0.1) is 30.8 Å². The van der Waals surface area contributed by atoms with E-state index in [1.807, 2.05) is 132 Å². The number of aromatic nitrogens is 2. The smallest absolute Gasteiger partial charge is 0.262 e. The highest BCUT2D eigenvalue weighted by atomic mass is 28.3. The molecule has 4 aromatic carbocycles. The third-order valence-electron chi connectivity index (χ3n) is 10.6. The van der Waals surface area contributed by atoms with Gasteiger partial charge in [0.2, 0.25) is 0 Å². The summed E-state index contributed by atoms with van der Waals surface area (Å²) in [5, 5.41) is 4.64. The van der Waals surface area contributed by atoms with Crippen LogP contribution < -0.4 is 10.7 Å². The largest absolute Gasteiger partial charge is 0.471 e. The van der Waals surface area contributed by atoms with E-state index in [1.54, 1.807) is 10.8 Å². The van der Waals surface area contributed by atoms with E-state index in [1.165, 1.54) is 55.0 Å². The summed E-state index contributed by atoms with van der Waals surface area (Å²) in [6, 6.07) is 47.3. The average Bonchev–Trinajstić information content (AvgIpc) is 4.11. The number of aryl methyl sites for hydroxylation is 2. The molecule has 0 aliphatic rings. The van der Waals surface area contributed by atoms with Crippen molar-refractivity contribution in [1.82, 2.24) is 9.13 Å². The number of nitrogens with zero attached hydrogens (tertiary/aromatic N) is 2. The van der Waals surface area contributed by atoms with Gasteiger partial charge in [-0.05, 0) is 91.0 Å². The van der Waals surface area contributed by atoms with Gasteiger partial charge >= 0.3 is 0 Å². The zero-order valence-corrected chi connectivity index (χ0v) is 40.2. The van der Waals surface area contributed by atoms with Crippen molar-refractivity contribution < 1.29 is 18.4 Å². The molecule has 8 aromatic rings. The van der Waals surface area contributed by atoms with Gasteiger partial charge in [-0.25, -0.2) is 0 Å². The zero-order chi connectivity index (χ0) is 44.5. The number of rotatable bonds is 12. The van der Waals surface area contributed by atoms with Crippen LogP contribution in [0.25, 0.3) is 21.8 Å². The Kier molecular flexibility index (Phi) is 17.5. The van der Waals surface area contributed by atoms with Gasteiger partial charge in [-0.2, -0.15) is 0 Å². The minimum absolute atomic E-state index is 0.00630. The van der Waals surface area contributed by atoms with E-state index >= 15 is 0 Å². The number of carbonyl (C=O) groups is 2. The lowest BCUT2D eigenvalue weighted by molar-refractivity contribution is 0.0958. The monoisotopic (exact) mass is 862 g/mol. The van der Waals surface area contributed by atoms with Crippen LogP contribution in [0.15, 0.2) is 167 Å². The van der Waals surface area contributed by atoms with Gasteiger partial charge in [0.15, 0.2) is 0 Å². The van der Waals surface area contributed by atoms with E-state index in [9.17, 15) is 9.59 Å². The van der Waals surface area contributed by atoms with Gasteiger partial charge in [-0.1, -0.05) is 152 Å². The quantitative estimate of drug-likeness (QED) is 0.0906.